The third kappa shape index (κ3) is 1.62. The Balaban J connectivity index is 3.04. The molecule has 64 valence electrons. The van der Waals surface area contributed by atoms with Crippen molar-refractivity contribution in [3.05, 3.63) is 17.2 Å². The summed E-state index contributed by atoms with van der Waals surface area (Å²) < 4.78 is 0. The molecular formula is C7H7N2O2S-. The number of aromatic nitrogens is 1. The molecule has 1 rings (SSSR count). The van der Waals surface area contributed by atoms with E-state index in [1.165, 1.54) is 17.4 Å². The first-order valence-electron chi connectivity index (χ1n) is 3.24. The van der Waals surface area contributed by atoms with Gasteiger partial charge in [0.05, 0.1) is 11.7 Å². The number of carbonyl (C=O) groups is 1. The molecule has 0 aliphatic carbocycles. The number of nitrogen functional groups attached to an aromatic ring is 1. The molecule has 2 N–H and O–H groups in total. The molecule has 1 aromatic rings. The number of thiazole rings is 1. The van der Waals surface area contributed by atoms with Crippen molar-refractivity contribution in [1.82, 2.24) is 4.98 Å². The van der Waals surface area contributed by atoms with Crippen molar-refractivity contribution < 1.29 is 9.90 Å². The molecule has 0 amide bonds. The number of rotatable bonds is 2. The van der Waals surface area contributed by atoms with E-state index >= 15 is 0 Å². The summed E-state index contributed by atoms with van der Waals surface area (Å²) in [5.74, 6) is -1.23. The van der Waals surface area contributed by atoms with Crippen LogP contribution in [0.3, 0.4) is 0 Å². The highest BCUT2D eigenvalue weighted by atomic mass is 32.1. The van der Waals surface area contributed by atoms with Crippen LogP contribution in [-0.2, 0) is 4.79 Å². The quantitative estimate of drug-likeness (QED) is 0.648. The van der Waals surface area contributed by atoms with E-state index in [4.69, 9.17) is 5.73 Å². The SMILES string of the molecule is C/C=C(\C(=O)[O-])c1csc(N)n1. The maximum absolute atomic E-state index is 10.5. The van der Waals surface area contributed by atoms with E-state index in [-0.39, 0.29) is 5.57 Å². The third-order valence-corrected chi connectivity index (χ3v) is 1.98. The van der Waals surface area contributed by atoms with Crippen LogP contribution in [-0.4, -0.2) is 11.0 Å². The van der Waals surface area contributed by atoms with E-state index in [0.717, 1.165) is 0 Å². The monoisotopic (exact) mass is 183 g/mol. The van der Waals surface area contributed by atoms with Gasteiger partial charge < -0.3 is 15.6 Å². The van der Waals surface area contributed by atoms with E-state index in [1.807, 2.05) is 0 Å². The summed E-state index contributed by atoms with van der Waals surface area (Å²) in [5.41, 5.74) is 5.77. The van der Waals surface area contributed by atoms with Crippen LogP contribution in [0, 0.1) is 0 Å². The van der Waals surface area contributed by atoms with Crippen LogP contribution in [0.4, 0.5) is 5.13 Å². The predicted octanol–water partition coefficient (Wildman–Crippen LogP) is -0.122. The van der Waals surface area contributed by atoms with Crippen LogP contribution in [0.1, 0.15) is 12.6 Å². The van der Waals surface area contributed by atoms with Gasteiger partial charge in [0, 0.05) is 11.0 Å². The Morgan fingerprint density at radius 1 is 1.83 bits per heavy atom. The lowest BCUT2D eigenvalue weighted by Gasteiger charge is -2.02. The zero-order valence-corrected chi connectivity index (χ0v) is 7.22. The van der Waals surface area contributed by atoms with Crippen molar-refractivity contribution in [2.24, 2.45) is 0 Å². The second-order valence-corrected chi connectivity index (χ2v) is 2.95. The number of hydrogen-bond acceptors (Lipinski definition) is 5. The summed E-state index contributed by atoms with van der Waals surface area (Å²) in [6.07, 6.45) is 1.43. The Hall–Kier alpha value is -1.36. The molecular weight excluding hydrogens is 176 g/mol. The number of anilines is 1. The second-order valence-electron chi connectivity index (χ2n) is 2.06. The van der Waals surface area contributed by atoms with E-state index < -0.39 is 5.97 Å². The summed E-state index contributed by atoms with van der Waals surface area (Å²) >= 11 is 1.20. The lowest BCUT2D eigenvalue weighted by Crippen LogP contribution is -2.23. The highest BCUT2D eigenvalue weighted by Gasteiger charge is 2.04. The average molecular weight is 183 g/mol. The smallest absolute Gasteiger partial charge is 0.180 e. The minimum absolute atomic E-state index is 0.0722. The van der Waals surface area contributed by atoms with Crippen molar-refractivity contribution in [1.29, 1.82) is 0 Å². The van der Waals surface area contributed by atoms with Gasteiger partial charge in [0.1, 0.15) is 0 Å². The average Bonchev–Trinajstić information content (AvgIpc) is 2.37. The first kappa shape index (κ1) is 8.73. The summed E-state index contributed by atoms with van der Waals surface area (Å²) in [7, 11) is 0. The maximum Gasteiger partial charge on any atom is 0.180 e. The van der Waals surface area contributed by atoms with Gasteiger partial charge in [0.25, 0.3) is 0 Å². The molecule has 4 nitrogen and oxygen atoms in total. The topological polar surface area (TPSA) is 79.0 Å². The summed E-state index contributed by atoms with van der Waals surface area (Å²) in [6, 6.07) is 0. The van der Waals surface area contributed by atoms with E-state index in [0.29, 0.717) is 10.8 Å². The Bertz CT molecular complexity index is 330. The van der Waals surface area contributed by atoms with Crippen LogP contribution >= 0.6 is 11.3 Å². The zero-order valence-electron chi connectivity index (χ0n) is 6.40. The van der Waals surface area contributed by atoms with Crippen LogP contribution in [0.25, 0.3) is 5.57 Å². The minimum Gasteiger partial charge on any atom is -0.545 e. The number of nitrogens with zero attached hydrogens (tertiary/aromatic N) is 1. The van der Waals surface area contributed by atoms with Crippen LogP contribution < -0.4 is 10.8 Å². The van der Waals surface area contributed by atoms with Crippen molar-refractivity contribution in [3.8, 4) is 0 Å². The number of carboxylic acids is 1. The molecule has 12 heavy (non-hydrogen) atoms. The molecule has 0 saturated heterocycles. The molecule has 0 radical (unpaired) electrons. The lowest BCUT2D eigenvalue weighted by atomic mass is 10.2. The molecule has 1 heterocycles. The second kappa shape index (κ2) is 3.36. The summed E-state index contributed by atoms with van der Waals surface area (Å²) in [5, 5.41) is 12.4. The summed E-state index contributed by atoms with van der Waals surface area (Å²) in [6.45, 7) is 1.61. The number of carboxylic acid groups (broad SMARTS) is 1. The predicted molar refractivity (Wildman–Crippen MR) is 45.2 cm³/mol. The van der Waals surface area contributed by atoms with Crippen LogP contribution in [0.5, 0.6) is 0 Å². The zero-order chi connectivity index (χ0) is 9.14. The number of aliphatic carboxylic acids is 1. The first-order valence-corrected chi connectivity index (χ1v) is 4.12. The Morgan fingerprint density at radius 3 is 2.83 bits per heavy atom. The summed E-state index contributed by atoms with van der Waals surface area (Å²) in [4.78, 5) is 14.3. The molecule has 0 saturated carbocycles. The molecule has 0 aliphatic heterocycles. The van der Waals surface area contributed by atoms with Crippen LogP contribution in [0.2, 0.25) is 0 Å². The van der Waals surface area contributed by atoms with Crippen LogP contribution in [0.15, 0.2) is 11.5 Å². The molecule has 0 spiro atoms. The van der Waals surface area contributed by atoms with Gasteiger partial charge >= 0.3 is 0 Å². The van der Waals surface area contributed by atoms with Gasteiger partial charge in [-0.05, 0) is 6.92 Å². The molecule has 1 aromatic heterocycles. The largest absolute Gasteiger partial charge is 0.545 e. The fourth-order valence-corrected chi connectivity index (χ4v) is 1.34. The van der Waals surface area contributed by atoms with Gasteiger partial charge in [0.15, 0.2) is 5.13 Å². The molecule has 0 bridgehead atoms. The molecule has 0 unspecified atom stereocenters. The standard InChI is InChI=1S/C7H8N2O2S/c1-2-4(6(10)11)5-3-12-7(8)9-5/h2-3H,1H3,(H2,8,9)(H,10,11)/p-1/b4-2-. The van der Waals surface area contributed by atoms with Gasteiger partial charge in [-0.1, -0.05) is 6.08 Å². The van der Waals surface area contributed by atoms with Gasteiger partial charge in [0.2, 0.25) is 0 Å². The highest BCUT2D eigenvalue weighted by Crippen LogP contribution is 2.18. The lowest BCUT2D eigenvalue weighted by molar-refractivity contribution is -0.295. The van der Waals surface area contributed by atoms with Gasteiger partial charge in [-0.2, -0.15) is 0 Å². The Kier molecular flexibility index (Phi) is 2.44. The Morgan fingerprint density at radius 2 is 2.50 bits per heavy atom. The van der Waals surface area contributed by atoms with Gasteiger partial charge in [-0.3, -0.25) is 0 Å². The van der Waals surface area contributed by atoms with E-state index in [2.05, 4.69) is 4.98 Å². The molecule has 0 aromatic carbocycles. The minimum atomic E-state index is -1.23. The molecule has 0 atom stereocenters. The highest BCUT2D eigenvalue weighted by molar-refractivity contribution is 7.13. The van der Waals surface area contributed by atoms with Crippen molar-refractivity contribution in [2.75, 3.05) is 5.73 Å². The van der Waals surface area contributed by atoms with E-state index in [9.17, 15) is 9.90 Å². The first-order chi connectivity index (χ1) is 5.65. The number of nitrogens with two attached hydrogens (primary N) is 1. The molecule has 0 fully saturated rings. The van der Waals surface area contributed by atoms with Gasteiger partial charge in [-0.25, -0.2) is 4.98 Å². The van der Waals surface area contributed by atoms with Gasteiger partial charge in [-0.15, -0.1) is 11.3 Å². The normalized spacial score (nSPS) is 11.6. The molecule has 5 heteroatoms. The molecule has 0 aliphatic rings. The van der Waals surface area contributed by atoms with Crippen molar-refractivity contribution in [2.45, 2.75) is 6.92 Å². The van der Waals surface area contributed by atoms with Crippen molar-refractivity contribution in [3.63, 3.8) is 0 Å². The maximum atomic E-state index is 10.5. The van der Waals surface area contributed by atoms with E-state index in [1.54, 1.807) is 12.3 Å². The fraction of sp³-hybridized carbons (Fsp3) is 0.143. The number of hydrogen-bond donors (Lipinski definition) is 1. The number of allylic oxidation sites excluding steroid dienone is 1. The number of carbonyl (C=O) groups excluding carboxylic acids is 1. The third-order valence-electron chi connectivity index (χ3n) is 1.31. The van der Waals surface area contributed by atoms with Crippen molar-refractivity contribution >= 4 is 28.0 Å². The fourth-order valence-electron chi connectivity index (χ4n) is 0.782. The Labute approximate surface area is 73.4 Å².